The SMILES string of the molecule is O=C(O)c1ccc(C=NNC(=O)c2cc(-c3ccco3)nc3ccccc23)cc1. The van der Waals surface area contributed by atoms with Crippen molar-refractivity contribution in [2.45, 2.75) is 0 Å². The molecule has 0 atom stereocenters. The van der Waals surface area contributed by atoms with Crippen molar-refractivity contribution in [1.82, 2.24) is 10.4 Å². The summed E-state index contributed by atoms with van der Waals surface area (Å²) < 4.78 is 5.40. The lowest BCUT2D eigenvalue weighted by Crippen LogP contribution is -2.18. The molecular formula is C22H15N3O4. The topological polar surface area (TPSA) is 105 Å². The van der Waals surface area contributed by atoms with Crippen molar-refractivity contribution < 1.29 is 19.1 Å². The van der Waals surface area contributed by atoms with E-state index in [4.69, 9.17) is 9.52 Å². The van der Waals surface area contributed by atoms with Gasteiger partial charge in [-0.25, -0.2) is 15.2 Å². The number of fused-ring (bicyclic) bond motifs is 1. The molecule has 7 heteroatoms. The van der Waals surface area contributed by atoms with Gasteiger partial charge in [0.05, 0.1) is 29.1 Å². The van der Waals surface area contributed by atoms with Crippen LogP contribution in [0.4, 0.5) is 0 Å². The Morgan fingerprint density at radius 1 is 1.03 bits per heavy atom. The molecule has 0 unspecified atom stereocenters. The number of nitrogens with zero attached hydrogens (tertiary/aromatic N) is 2. The van der Waals surface area contributed by atoms with Gasteiger partial charge >= 0.3 is 5.97 Å². The monoisotopic (exact) mass is 385 g/mol. The van der Waals surface area contributed by atoms with E-state index in [1.54, 1.807) is 36.6 Å². The molecule has 2 N–H and O–H groups in total. The largest absolute Gasteiger partial charge is 0.478 e. The van der Waals surface area contributed by atoms with Crippen LogP contribution < -0.4 is 5.43 Å². The minimum Gasteiger partial charge on any atom is -0.478 e. The number of aromatic nitrogens is 1. The Morgan fingerprint density at radius 3 is 2.55 bits per heavy atom. The minimum atomic E-state index is -1.00. The number of hydrogen-bond donors (Lipinski definition) is 2. The molecule has 0 radical (unpaired) electrons. The molecule has 2 aromatic carbocycles. The zero-order valence-corrected chi connectivity index (χ0v) is 15.1. The fourth-order valence-electron chi connectivity index (χ4n) is 2.85. The molecule has 4 aromatic rings. The number of aromatic carboxylic acids is 1. The zero-order valence-electron chi connectivity index (χ0n) is 15.1. The number of carbonyl (C=O) groups is 2. The highest BCUT2D eigenvalue weighted by Gasteiger charge is 2.14. The van der Waals surface area contributed by atoms with Gasteiger partial charge in [-0.15, -0.1) is 0 Å². The van der Waals surface area contributed by atoms with Crippen molar-refractivity contribution in [1.29, 1.82) is 0 Å². The van der Waals surface area contributed by atoms with Crippen LogP contribution in [0.15, 0.2) is 82.5 Å². The Bertz CT molecular complexity index is 1210. The Morgan fingerprint density at radius 2 is 1.83 bits per heavy atom. The third-order valence-corrected chi connectivity index (χ3v) is 4.27. The molecule has 0 aliphatic heterocycles. The molecule has 29 heavy (non-hydrogen) atoms. The van der Waals surface area contributed by atoms with Crippen molar-refractivity contribution in [2.24, 2.45) is 5.10 Å². The second-order valence-electron chi connectivity index (χ2n) is 6.18. The molecule has 2 aromatic heterocycles. The average Bonchev–Trinajstić information content (AvgIpc) is 3.28. The number of carbonyl (C=O) groups excluding carboxylic acids is 1. The Kier molecular flexibility index (Phi) is 4.86. The second-order valence-corrected chi connectivity index (χ2v) is 6.18. The van der Waals surface area contributed by atoms with Gasteiger partial charge in [-0.1, -0.05) is 30.3 Å². The molecule has 0 aliphatic rings. The molecule has 0 saturated carbocycles. The summed E-state index contributed by atoms with van der Waals surface area (Å²) >= 11 is 0. The highest BCUT2D eigenvalue weighted by atomic mass is 16.4. The maximum Gasteiger partial charge on any atom is 0.335 e. The zero-order chi connectivity index (χ0) is 20.2. The van der Waals surface area contributed by atoms with E-state index in [1.807, 2.05) is 24.3 Å². The fraction of sp³-hybridized carbons (Fsp3) is 0. The van der Waals surface area contributed by atoms with Crippen LogP contribution in [0.5, 0.6) is 0 Å². The van der Waals surface area contributed by atoms with Crippen molar-refractivity contribution in [3.8, 4) is 11.5 Å². The Hall–Kier alpha value is -4.26. The van der Waals surface area contributed by atoms with Crippen LogP contribution in [0.1, 0.15) is 26.3 Å². The third kappa shape index (κ3) is 3.89. The van der Waals surface area contributed by atoms with Gasteiger partial charge in [0.15, 0.2) is 5.76 Å². The predicted octanol–water partition coefficient (Wildman–Crippen LogP) is 3.96. The first-order chi connectivity index (χ1) is 14.1. The lowest BCUT2D eigenvalue weighted by molar-refractivity contribution is 0.0696. The molecule has 0 aliphatic carbocycles. The number of nitrogens with one attached hydrogen (secondary N) is 1. The molecule has 142 valence electrons. The quantitative estimate of drug-likeness (QED) is 0.400. The summed E-state index contributed by atoms with van der Waals surface area (Å²) in [5, 5.41) is 13.6. The molecule has 4 rings (SSSR count). The summed E-state index contributed by atoms with van der Waals surface area (Å²) in [5.74, 6) is -0.833. The van der Waals surface area contributed by atoms with Gasteiger partial charge in [-0.05, 0) is 42.0 Å². The molecule has 0 bridgehead atoms. The van der Waals surface area contributed by atoms with E-state index in [0.717, 1.165) is 0 Å². The van der Waals surface area contributed by atoms with Crippen LogP contribution in [0.25, 0.3) is 22.4 Å². The van der Waals surface area contributed by atoms with E-state index >= 15 is 0 Å². The lowest BCUT2D eigenvalue weighted by atomic mass is 10.1. The number of rotatable bonds is 5. The van der Waals surface area contributed by atoms with Crippen molar-refractivity contribution in [3.05, 3.63) is 89.7 Å². The number of carboxylic acid groups (broad SMARTS) is 1. The van der Waals surface area contributed by atoms with Crippen molar-refractivity contribution >= 4 is 29.0 Å². The summed E-state index contributed by atoms with van der Waals surface area (Å²) in [6.45, 7) is 0. The summed E-state index contributed by atoms with van der Waals surface area (Å²) in [6, 6.07) is 18.7. The van der Waals surface area contributed by atoms with Crippen molar-refractivity contribution in [2.75, 3.05) is 0 Å². The summed E-state index contributed by atoms with van der Waals surface area (Å²) in [5.41, 5.74) is 4.98. The summed E-state index contributed by atoms with van der Waals surface area (Å²) in [6.07, 6.45) is 2.99. The van der Waals surface area contributed by atoms with Gasteiger partial charge in [0.25, 0.3) is 5.91 Å². The van der Waals surface area contributed by atoms with Gasteiger partial charge in [0.1, 0.15) is 5.69 Å². The van der Waals surface area contributed by atoms with E-state index in [9.17, 15) is 9.59 Å². The van der Waals surface area contributed by atoms with E-state index in [1.165, 1.54) is 18.3 Å². The molecule has 2 heterocycles. The number of hydrazone groups is 1. The van der Waals surface area contributed by atoms with Crippen LogP contribution in [0.3, 0.4) is 0 Å². The summed E-state index contributed by atoms with van der Waals surface area (Å²) in [4.78, 5) is 28.2. The molecular weight excluding hydrogens is 370 g/mol. The van der Waals surface area contributed by atoms with E-state index in [2.05, 4.69) is 15.5 Å². The number of furan rings is 1. The molecule has 1 amide bonds. The van der Waals surface area contributed by atoms with Crippen LogP contribution in [-0.4, -0.2) is 28.2 Å². The first-order valence-corrected chi connectivity index (χ1v) is 8.72. The van der Waals surface area contributed by atoms with Crippen LogP contribution in [-0.2, 0) is 0 Å². The third-order valence-electron chi connectivity index (χ3n) is 4.27. The number of para-hydroxylation sites is 1. The fourth-order valence-corrected chi connectivity index (χ4v) is 2.85. The highest BCUT2D eigenvalue weighted by molar-refractivity contribution is 6.07. The normalized spacial score (nSPS) is 11.0. The first kappa shape index (κ1) is 18.1. The van der Waals surface area contributed by atoms with Crippen LogP contribution >= 0.6 is 0 Å². The highest BCUT2D eigenvalue weighted by Crippen LogP contribution is 2.25. The number of pyridine rings is 1. The first-order valence-electron chi connectivity index (χ1n) is 8.72. The minimum absolute atomic E-state index is 0.180. The second kappa shape index (κ2) is 7.77. The average molecular weight is 385 g/mol. The Balaban J connectivity index is 1.60. The number of amides is 1. The molecule has 0 fully saturated rings. The van der Waals surface area contributed by atoms with Gasteiger partial charge in [0, 0.05) is 5.39 Å². The molecule has 0 spiro atoms. The Labute approximate surface area is 165 Å². The van der Waals surface area contributed by atoms with Gasteiger partial charge in [0.2, 0.25) is 0 Å². The lowest BCUT2D eigenvalue weighted by Gasteiger charge is -2.07. The van der Waals surface area contributed by atoms with Gasteiger partial charge in [-0.2, -0.15) is 5.10 Å². The van der Waals surface area contributed by atoms with Crippen molar-refractivity contribution in [3.63, 3.8) is 0 Å². The molecule has 7 nitrogen and oxygen atoms in total. The van der Waals surface area contributed by atoms with E-state index in [0.29, 0.717) is 33.5 Å². The van der Waals surface area contributed by atoms with Gasteiger partial charge in [-0.3, -0.25) is 4.79 Å². The smallest absolute Gasteiger partial charge is 0.335 e. The molecule has 0 saturated heterocycles. The summed E-state index contributed by atoms with van der Waals surface area (Å²) in [7, 11) is 0. The maximum atomic E-state index is 12.8. The van der Waals surface area contributed by atoms with E-state index < -0.39 is 11.9 Å². The van der Waals surface area contributed by atoms with Gasteiger partial charge < -0.3 is 9.52 Å². The van der Waals surface area contributed by atoms with Crippen LogP contribution in [0.2, 0.25) is 0 Å². The van der Waals surface area contributed by atoms with E-state index in [-0.39, 0.29) is 5.56 Å². The standard InChI is InChI=1S/C22H15N3O4/c26-21(25-23-13-14-7-9-15(10-8-14)22(27)28)17-12-19(20-6-3-11-29-20)24-18-5-2-1-4-16(17)18/h1-13H,(H,25,26)(H,27,28). The number of carboxylic acids is 1. The number of hydrogen-bond acceptors (Lipinski definition) is 5. The van der Waals surface area contributed by atoms with Crippen LogP contribution in [0, 0.1) is 0 Å². The number of benzene rings is 2. The maximum absolute atomic E-state index is 12.8. The predicted molar refractivity (Wildman–Crippen MR) is 108 cm³/mol.